The van der Waals surface area contributed by atoms with Crippen LogP contribution < -0.4 is 4.72 Å². The van der Waals surface area contributed by atoms with Gasteiger partial charge in [0.1, 0.15) is 0 Å². The minimum absolute atomic E-state index is 0.0102. The zero-order valence-corrected chi connectivity index (χ0v) is 13.2. The number of hydrogen-bond donors (Lipinski definition) is 1. The molecule has 1 aliphatic heterocycles. The predicted octanol–water partition coefficient (Wildman–Crippen LogP) is 0.602. The van der Waals surface area contributed by atoms with Gasteiger partial charge in [-0.1, -0.05) is 12.1 Å². The van der Waals surface area contributed by atoms with Crippen LogP contribution in [0, 0.1) is 5.92 Å². The summed E-state index contributed by atoms with van der Waals surface area (Å²) in [4.78, 5) is 11.3. The van der Waals surface area contributed by atoms with Crippen molar-refractivity contribution >= 4 is 25.6 Å². The van der Waals surface area contributed by atoms with Gasteiger partial charge in [-0.05, 0) is 31.4 Å². The van der Waals surface area contributed by atoms with Gasteiger partial charge in [-0.3, -0.25) is 4.79 Å². The molecule has 1 unspecified atom stereocenters. The Bertz CT molecular complexity index is 753. The maximum absolute atomic E-state index is 12.2. The lowest BCUT2D eigenvalue weighted by atomic mass is 10.1. The summed E-state index contributed by atoms with van der Waals surface area (Å²) < 4.78 is 49.4. The van der Waals surface area contributed by atoms with Crippen LogP contribution in [0.15, 0.2) is 29.2 Å². The molecule has 1 aromatic rings. The molecule has 1 atom stereocenters. The van der Waals surface area contributed by atoms with E-state index in [1.807, 2.05) is 0 Å². The van der Waals surface area contributed by atoms with Crippen LogP contribution in [0.2, 0.25) is 0 Å². The van der Waals surface area contributed by atoms with Gasteiger partial charge in [0, 0.05) is 12.1 Å². The number of nitrogens with one attached hydrogen (secondary N) is 1. The molecule has 0 radical (unpaired) electrons. The van der Waals surface area contributed by atoms with Gasteiger partial charge in [-0.2, -0.15) is 0 Å². The molecule has 1 aromatic carbocycles. The third kappa shape index (κ3) is 4.12. The summed E-state index contributed by atoms with van der Waals surface area (Å²) in [5.74, 6) is -0.280. The average Bonchev–Trinajstić information content (AvgIpc) is 2.76. The highest BCUT2D eigenvalue weighted by molar-refractivity contribution is 7.91. The van der Waals surface area contributed by atoms with Gasteiger partial charge in [0.2, 0.25) is 10.0 Å². The second kappa shape index (κ2) is 5.86. The van der Waals surface area contributed by atoms with Crippen LogP contribution in [-0.4, -0.2) is 40.7 Å². The number of sulfone groups is 1. The smallest absolute Gasteiger partial charge is 0.240 e. The molecule has 6 nitrogen and oxygen atoms in total. The first kappa shape index (κ1) is 16.1. The monoisotopic (exact) mass is 331 g/mol. The van der Waals surface area contributed by atoms with E-state index in [9.17, 15) is 21.6 Å². The van der Waals surface area contributed by atoms with E-state index in [0.29, 0.717) is 12.0 Å². The van der Waals surface area contributed by atoms with Gasteiger partial charge in [-0.25, -0.2) is 21.6 Å². The highest BCUT2D eigenvalue weighted by Crippen LogP contribution is 2.19. The van der Waals surface area contributed by atoms with Gasteiger partial charge in [0.15, 0.2) is 15.6 Å². The first-order valence-corrected chi connectivity index (χ1v) is 9.81. The van der Waals surface area contributed by atoms with Crippen molar-refractivity contribution in [3.8, 4) is 0 Å². The standard InChI is InChI=1S/C13H17NO5S2/c1-10(15)12-3-2-4-13(7-12)21(18,19)14-8-11-5-6-20(16,17)9-11/h2-4,7,11,14H,5-6,8-9H2,1H3. The van der Waals surface area contributed by atoms with Crippen LogP contribution in [0.25, 0.3) is 0 Å². The van der Waals surface area contributed by atoms with Crippen molar-refractivity contribution in [1.82, 2.24) is 4.72 Å². The van der Waals surface area contributed by atoms with Crippen LogP contribution in [-0.2, 0) is 19.9 Å². The Balaban J connectivity index is 2.09. The normalized spacial score (nSPS) is 21.3. The quantitative estimate of drug-likeness (QED) is 0.797. The molecule has 1 N–H and O–H groups in total. The molecule has 1 saturated heterocycles. The van der Waals surface area contributed by atoms with E-state index in [1.165, 1.54) is 25.1 Å². The summed E-state index contributed by atoms with van der Waals surface area (Å²) in [6.07, 6.45) is 0.471. The van der Waals surface area contributed by atoms with E-state index < -0.39 is 19.9 Å². The second-order valence-electron chi connectivity index (χ2n) is 5.20. The van der Waals surface area contributed by atoms with Gasteiger partial charge < -0.3 is 0 Å². The molecule has 0 aromatic heterocycles. The van der Waals surface area contributed by atoms with Crippen LogP contribution in [0.3, 0.4) is 0 Å². The molecule has 0 saturated carbocycles. The van der Waals surface area contributed by atoms with Crippen LogP contribution in [0.5, 0.6) is 0 Å². The number of ketones is 1. The lowest BCUT2D eigenvalue weighted by Crippen LogP contribution is -2.30. The molecule has 0 spiro atoms. The van der Waals surface area contributed by atoms with Crippen LogP contribution >= 0.6 is 0 Å². The second-order valence-corrected chi connectivity index (χ2v) is 9.20. The van der Waals surface area contributed by atoms with Crippen molar-refractivity contribution in [3.05, 3.63) is 29.8 Å². The van der Waals surface area contributed by atoms with Crippen molar-refractivity contribution in [2.24, 2.45) is 5.92 Å². The number of carbonyl (C=O) groups is 1. The number of rotatable bonds is 5. The van der Waals surface area contributed by atoms with Gasteiger partial charge in [0.05, 0.1) is 16.4 Å². The zero-order valence-electron chi connectivity index (χ0n) is 11.6. The van der Waals surface area contributed by atoms with Crippen LogP contribution in [0.1, 0.15) is 23.7 Å². The number of Topliss-reactive ketones (excluding diaryl/α,β-unsaturated/α-hetero) is 1. The third-order valence-corrected chi connectivity index (χ3v) is 6.70. The molecule has 1 aliphatic rings. The molecule has 0 bridgehead atoms. The van der Waals surface area contributed by atoms with Crippen molar-refractivity contribution in [3.63, 3.8) is 0 Å². The molecule has 0 amide bonds. The van der Waals surface area contributed by atoms with Gasteiger partial charge in [-0.15, -0.1) is 0 Å². The minimum atomic E-state index is -3.74. The largest absolute Gasteiger partial charge is 0.295 e. The van der Waals surface area contributed by atoms with Crippen molar-refractivity contribution in [1.29, 1.82) is 0 Å². The summed E-state index contributed by atoms with van der Waals surface area (Å²) in [6, 6.07) is 5.77. The Morgan fingerprint density at radius 3 is 2.67 bits per heavy atom. The Morgan fingerprint density at radius 1 is 1.38 bits per heavy atom. The van der Waals surface area contributed by atoms with Crippen molar-refractivity contribution in [2.75, 3.05) is 18.1 Å². The van der Waals surface area contributed by atoms with E-state index in [-0.39, 0.29) is 34.6 Å². The van der Waals surface area contributed by atoms with E-state index in [1.54, 1.807) is 6.07 Å². The lowest BCUT2D eigenvalue weighted by Gasteiger charge is -2.11. The van der Waals surface area contributed by atoms with Crippen molar-refractivity contribution in [2.45, 2.75) is 18.2 Å². The summed E-state index contributed by atoms with van der Waals surface area (Å²) in [6.45, 7) is 1.45. The highest BCUT2D eigenvalue weighted by Gasteiger charge is 2.29. The van der Waals surface area contributed by atoms with Gasteiger partial charge in [0.25, 0.3) is 0 Å². The topological polar surface area (TPSA) is 97.4 Å². The molecule has 1 heterocycles. The fraction of sp³-hybridized carbons (Fsp3) is 0.462. The first-order valence-electron chi connectivity index (χ1n) is 6.51. The summed E-state index contributed by atoms with van der Waals surface area (Å²) in [5, 5.41) is 0. The Morgan fingerprint density at radius 2 is 2.10 bits per heavy atom. The molecule has 116 valence electrons. The van der Waals surface area contributed by atoms with E-state index >= 15 is 0 Å². The molecule has 0 aliphatic carbocycles. The molecule has 21 heavy (non-hydrogen) atoms. The highest BCUT2D eigenvalue weighted by atomic mass is 32.2. The van der Waals surface area contributed by atoms with E-state index in [2.05, 4.69) is 4.72 Å². The lowest BCUT2D eigenvalue weighted by molar-refractivity contribution is 0.101. The number of benzene rings is 1. The third-order valence-electron chi connectivity index (χ3n) is 3.44. The fourth-order valence-electron chi connectivity index (χ4n) is 2.23. The zero-order chi connectivity index (χ0) is 15.7. The minimum Gasteiger partial charge on any atom is -0.295 e. The van der Waals surface area contributed by atoms with E-state index in [0.717, 1.165) is 0 Å². The summed E-state index contributed by atoms with van der Waals surface area (Å²) >= 11 is 0. The Kier molecular flexibility index (Phi) is 4.50. The predicted molar refractivity (Wildman–Crippen MR) is 78.4 cm³/mol. The maximum atomic E-state index is 12.2. The molecule has 1 fully saturated rings. The molecule has 8 heteroatoms. The SMILES string of the molecule is CC(=O)c1cccc(S(=O)(=O)NCC2CCS(=O)(=O)C2)c1. The van der Waals surface area contributed by atoms with Gasteiger partial charge >= 0.3 is 0 Å². The number of hydrogen-bond acceptors (Lipinski definition) is 5. The summed E-state index contributed by atoms with van der Waals surface area (Å²) in [5.41, 5.74) is 0.321. The Labute approximate surface area is 124 Å². The summed E-state index contributed by atoms with van der Waals surface area (Å²) in [7, 11) is -6.76. The Hall–Kier alpha value is -1.25. The molecular weight excluding hydrogens is 314 g/mol. The first-order chi connectivity index (χ1) is 9.70. The molecule has 2 rings (SSSR count). The van der Waals surface area contributed by atoms with Crippen molar-refractivity contribution < 1.29 is 21.6 Å². The van der Waals surface area contributed by atoms with Crippen LogP contribution in [0.4, 0.5) is 0 Å². The molecular formula is C13H17NO5S2. The fourth-order valence-corrected chi connectivity index (χ4v) is 5.25. The maximum Gasteiger partial charge on any atom is 0.240 e. The number of sulfonamides is 1. The number of carbonyl (C=O) groups excluding carboxylic acids is 1. The van der Waals surface area contributed by atoms with E-state index in [4.69, 9.17) is 0 Å². The average molecular weight is 331 g/mol.